The molecule has 72 heavy (non-hydrogen) atoms. The Morgan fingerprint density at radius 2 is 0.639 bits per heavy atom. The normalized spacial score (nSPS) is 12.2. The molecule has 0 saturated carbocycles. The van der Waals surface area contributed by atoms with Gasteiger partial charge in [0.1, 0.15) is 0 Å². The maximum absolute atomic E-state index is 9.83. The Hall–Kier alpha value is -9.89. The van der Waals surface area contributed by atoms with Crippen molar-refractivity contribution in [1.29, 1.82) is 0 Å². The molecule has 0 radical (unpaired) electrons. The van der Waals surface area contributed by atoms with Crippen LogP contribution in [0.5, 0.6) is 0 Å². The zero-order valence-electron chi connectivity index (χ0n) is 38.8. The molecule has 11 aromatic carbocycles. The molecule has 0 fully saturated rings. The highest BCUT2D eigenvalue weighted by molar-refractivity contribution is 6.30. The molecule has 0 atom stereocenters. The van der Waals surface area contributed by atoms with Gasteiger partial charge in [0, 0.05) is 53.9 Å². The second-order valence-corrected chi connectivity index (χ2v) is 19.1. The third-order valence-electron chi connectivity index (χ3n) is 15.5. The van der Waals surface area contributed by atoms with Crippen molar-refractivity contribution in [2.45, 2.75) is 0 Å². The van der Waals surface area contributed by atoms with E-state index < -0.39 is 0 Å². The SMILES string of the molecule is [C-]#[N+]c1c(-n2c3ccccc3c3ccccc32)c(-n2c3ccc(-c4ccccc4)cc3c3cc(-c4ccccc4)ccc32)c2c3cccc4c5ccccc5n(c2c1-n1c2ccccc2c2ccccc21)c43. The minimum Gasteiger partial charge on any atom is -0.317 e. The van der Waals surface area contributed by atoms with Gasteiger partial charge in [-0.3, -0.25) is 0 Å². The Balaban J connectivity index is 1.21. The molecule has 0 aliphatic heterocycles. The first-order valence-electron chi connectivity index (χ1n) is 24.6. The second kappa shape index (κ2) is 14.6. The van der Waals surface area contributed by atoms with E-state index in [0.29, 0.717) is 5.69 Å². The molecule has 5 heteroatoms. The lowest BCUT2D eigenvalue weighted by Gasteiger charge is -2.24. The van der Waals surface area contributed by atoms with E-state index in [4.69, 9.17) is 4.85 Å². The van der Waals surface area contributed by atoms with Crippen molar-refractivity contribution >= 4 is 109 Å². The smallest absolute Gasteiger partial charge is 0.238 e. The van der Waals surface area contributed by atoms with Gasteiger partial charge in [0.05, 0.1) is 73.3 Å². The lowest BCUT2D eigenvalue weighted by molar-refractivity contribution is 1.10. The summed E-state index contributed by atoms with van der Waals surface area (Å²) in [5.41, 5.74) is 17.4. The number of aromatic nitrogens is 4. The van der Waals surface area contributed by atoms with Gasteiger partial charge in [0.25, 0.3) is 0 Å². The lowest BCUT2D eigenvalue weighted by Crippen LogP contribution is -2.08. The van der Waals surface area contributed by atoms with Gasteiger partial charge in [-0.25, -0.2) is 4.85 Å². The zero-order valence-corrected chi connectivity index (χ0v) is 38.8. The summed E-state index contributed by atoms with van der Waals surface area (Å²) in [7, 11) is 0. The minimum atomic E-state index is 0.567. The quantitative estimate of drug-likeness (QED) is 0.154. The molecule has 0 aliphatic carbocycles. The van der Waals surface area contributed by atoms with Gasteiger partial charge in [0.15, 0.2) is 0 Å². The van der Waals surface area contributed by atoms with Crippen LogP contribution in [0.1, 0.15) is 0 Å². The van der Waals surface area contributed by atoms with Crippen LogP contribution >= 0.6 is 0 Å². The van der Waals surface area contributed by atoms with E-state index in [9.17, 15) is 6.57 Å². The van der Waals surface area contributed by atoms with Crippen molar-refractivity contribution in [3.05, 3.63) is 248 Å². The molecule has 0 spiro atoms. The van der Waals surface area contributed by atoms with E-state index in [0.717, 1.165) is 132 Å². The van der Waals surface area contributed by atoms with Crippen LogP contribution in [-0.2, 0) is 0 Å². The Morgan fingerprint density at radius 3 is 1.12 bits per heavy atom. The third kappa shape index (κ3) is 5.09. The summed E-state index contributed by atoms with van der Waals surface area (Å²) in [6.45, 7) is 9.83. The van der Waals surface area contributed by atoms with Gasteiger partial charge < -0.3 is 18.1 Å². The van der Waals surface area contributed by atoms with E-state index in [1.165, 1.54) is 10.8 Å². The van der Waals surface area contributed by atoms with E-state index in [2.05, 4.69) is 255 Å². The van der Waals surface area contributed by atoms with Crippen LogP contribution in [0.2, 0.25) is 0 Å². The van der Waals surface area contributed by atoms with Crippen molar-refractivity contribution in [1.82, 2.24) is 18.1 Å². The first-order chi connectivity index (χ1) is 35.7. The van der Waals surface area contributed by atoms with Gasteiger partial charge in [-0.05, 0) is 76.9 Å². The number of hydrogen-bond donors (Lipinski definition) is 0. The standard InChI is InChI=1S/C67H39N5/c1-68-62-66(70-54-30-13-8-23-45(54)46-24-9-14-31-55(46)70)64(69-59-37-35-43(41-19-4-2-5-20-41)39-52(59)53-40-44(36-38-60(53)69)42-21-6-3-7-22-42)61-51-29-18-28-50-49-27-12-17-34-58(49)72(63(50)51)65(61)67(62)71-56-32-15-10-25-47(56)48-26-11-16-33-57(48)71/h2-40H. The summed E-state index contributed by atoms with van der Waals surface area (Å²) in [5.74, 6) is 0. The zero-order chi connectivity index (χ0) is 47.2. The largest absolute Gasteiger partial charge is 0.317 e. The minimum absolute atomic E-state index is 0.567. The number of hydrogen-bond acceptors (Lipinski definition) is 0. The van der Waals surface area contributed by atoms with Crippen molar-refractivity contribution in [3.8, 4) is 39.3 Å². The highest BCUT2D eigenvalue weighted by Gasteiger charge is 2.34. The molecular weight excluding hydrogens is 875 g/mol. The Labute approximate surface area is 412 Å². The predicted octanol–water partition coefficient (Wildman–Crippen LogP) is 18.0. The Morgan fingerprint density at radius 1 is 0.264 bits per heavy atom. The van der Waals surface area contributed by atoms with Crippen LogP contribution < -0.4 is 0 Å². The Kier molecular flexibility index (Phi) is 7.89. The number of fused-ring (bicyclic) bond motifs is 15. The molecule has 0 aliphatic rings. The number of benzene rings is 11. The van der Waals surface area contributed by atoms with E-state index in [1.807, 2.05) is 0 Å². The summed E-state index contributed by atoms with van der Waals surface area (Å²) >= 11 is 0. The summed E-state index contributed by atoms with van der Waals surface area (Å²) in [6, 6.07) is 85.7. The second-order valence-electron chi connectivity index (χ2n) is 19.1. The fourth-order valence-corrected chi connectivity index (χ4v) is 12.6. The average molecular weight is 914 g/mol. The fourth-order valence-electron chi connectivity index (χ4n) is 12.6. The van der Waals surface area contributed by atoms with E-state index in [1.54, 1.807) is 0 Å². The van der Waals surface area contributed by atoms with Crippen molar-refractivity contribution in [2.24, 2.45) is 0 Å². The highest BCUT2D eigenvalue weighted by atomic mass is 15.1. The molecule has 0 bridgehead atoms. The van der Waals surface area contributed by atoms with Crippen molar-refractivity contribution in [3.63, 3.8) is 0 Å². The van der Waals surface area contributed by atoms with Crippen molar-refractivity contribution in [2.75, 3.05) is 0 Å². The van der Waals surface area contributed by atoms with Gasteiger partial charge >= 0.3 is 0 Å². The van der Waals surface area contributed by atoms with Crippen LogP contribution in [0.3, 0.4) is 0 Å². The van der Waals surface area contributed by atoms with Crippen LogP contribution in [0, 0.1) is 6.57 Å². The molecule has 332 valence electrons. The number of nitrogens with zero attached hydrogens (tertiary/aromatic N) is 5. The molecule has 0 N–H and O–H groups in total. The monoisotopic (exact) mass is 913 g/mol. The summed E-state index contributed by atoms with van der Waals surface area (Å²) < 4.78 is 9.79. The average Bonchev–Trinajstić information content (AvgIpc) is 4.24. The van der Waals surface area contributed by atoms with Crippen LogP contribution in [-0.4, -0.2) is 18.1 Å². The topological polar surface area (TPSA) is 23.6 Å². The Bertz CT molecular complexity index is 4780. The lowest BCUT2D eigenvalue weighted by atomic mass is 10.0. The molecule has 16 rings (SSSR count). The molecule has 5 nitrogen and oxygen atoms in total. The van der Waals surface area contributed by atoms with Gasteiger partial charge in [-0.2, -0.15) is 0 Å². The molecule has 16 aromatic rings. The van der Waals surface area contributed by atoms with Gasteiger partial charge in [-0.1, -0.05) is 182 Å². The number of para-hydroxylation sites is 6. The molecule has 5 aromatic heterocycles. The van der Waals surface area contributed by atoms with E-state index in [-0.39, 0.29) is 0 Å². The molecule has 0 saturated heterocycles. The molecule has 5 heterocycles. The van der Waals surface area contributed by atoms with Gasteiger partial charge in [-0.15, -0.1) is 0 Å². The number of rotatable bonds is 5. The van der Waals surface area contributed by atoms with Gasteiger partial charge in [0.2, 0.25) is 5.69 Å². The summed E-state index contributed by atoms with van der Waals surface area (Å²) in [6.07, 6.45) is 0. The maximum Gasteiger partial charge on any atom is 0.238 e. The molecular formula is C67H39N5. The van der Waals surface area contributed by atoms with Crippen LogP contribution in [0.4, 0.5) is 5.69 Å². The predicted molar refractivity (Wildman–Crippen MR) is 301 cm³/mol. The maximum atomic E-state index is 9.83. The highest BCUT2D eigenvalue weighted by Crippen LogP contribution is 2.54. The summed E-state index contributed by atoms with van der Waals surface area (Å²) in [5, 5.41) is 11.4. The molecule has 0 amide bonds. The van der Waals surface area contributed by atoms with E-state index >= 15 is 0 Å². The van der Waals surface area contributed by atoms with Crippen molar-refractivity contribution < 1.29 is 0 Å². The first kappa shape index (κ1) is 39.0. The molecule has 0 unspecified atom stereocenters. The van der Waals surface area contributed by atoms with Crippen LogP contribution in [0.15, 0.2) is 237 Å². The van der Waals surface area contributed by atoms with Crippen LogP contribution in [0.25, 0.3) is 148 Å². The first-order valence-corrected chi connectivity index (χ1v) is 24.6. The fraction of sp³-hybridized carbons (Fsp3) is 0. The summed E-state index contributed by atoms with van der Waals surface area (Å²) in [4.78, 5) is 4.90. The third-order valence-corrected chi connectivity index (χ3v) is 15.5.